The van der Waals surface area contributed by atoms with E-state index in [1.807, 2.05) is 24.3 Å². The number of anilines is 1. The number of aromatic nitrogens is 1. The number of nitrogen functional groups attached to an aromatic ring is 1. The molecule has 4 heteroatoms. The molecular weight excluding hydrogens is 236 g/mol. The van der Waals surface area contributed by atoms with E-state index in [0.29, 0.717) is 10.8 Å². The van der Waals surface area contributed by atoms with Crippen molar-refractivity contribution >= 4 is 17.4 Å². The molecule has 1 aliphatic rings. The third-order valence-electron chi connectivity index (χ3n) is 3.07. The largest absolute Gasteiger partial charge is 0.380 e. The molecular formula is C13H13ClN2O. The Morgan fingerprint density at radius 2 is 2.24 bits per heavy atom. The maximum absolute atomic E-state index is 5.99. The van der Waals surface area contributed by atoms with Gasteiger partial charge in [0.15, 0.2) is 5.82 Å². The molecule has 2 aromatic rings. The van der Waals surface area contributed by atoms with E-state index in [-0.39, 0.29) is 0 Å². The molecule has 3 nitrogen and oxygen atoms in total. The Balaban J connectivity index is 2.02. The molecule has 0 saturated heterocycles. The van der Waals surface area contributed by atoms with Gasteiger partial charge in [-0.3, -0.25) is 0 Å². The fraction of sp³-hybridized carbons (Fsp3) is 0.308. The van der Waals surface area contributed by atoms with Crippen LogP contribution in [0.5, 0.6) is 0 Å². The molecule has 1 fully saturated rings. The number of hydrogen-bond acceptors (Lipinski definition) is 3. The third-order valence-corrected chi connectivity index (χ3v) is 3.31. The lowest BCUT2D eigenvalue weighted by Crippen LogP contribution is -1.91. The zero-order valence-electron chi connectivity index (χ0n) is 9.32. The Kier molecular flexibility index (Phi) is 2.56. The molecule has 0 aliphatic heterocycles. The molecule has 2 N–H and O–H groups in total. The highest BCUT2D eigenvalue weighted by molar-refractivity contribution is 6.30. The van der Waals surface area contributed by atoms with E-state index in [2.05, 4.69) is 5.16 Å². The van der Waals surface area contributed by atoms with Crippen LogP contribution in [0.25, 0.3) is 11.1 Å². The minimum atomic E-state index is 0.447. The fourth-order valence-electron chi connectivity index (χ4n) is 2.01. The third kappa shape index (κ3) is 2.15. The van der Waals surface area contributed by atoms with Crippen LogP contribution in [-0.4, -0.2) is 5.16 Å². The topological polar surface area (TPSA) is 52.0 Å². The van der Waals surface area contributed by atoms with Crippen molar-refractivity contribution in [1.82, 2.24) is 5.16 Å². The van der Waals surface area contributed by atoms with Crippen LogP contribution in [0.2, 0.25) is 5.02 Å². The summed E-state index contributed by atoms with van der Waals surface area (Å²) in [5.74, 6) is 2.07. The van der Waals surface area contributed by atoms with Crippen LogP contribution in [0.3, 0.4) is 0 Å². The second kappa shape index (κ2) is 4.08. The summed E-state index contributed by atoms with van der Waals surface area (Å²) >= 11 is 5.99. The lowest BCUT2D eigenvalue weighted by molar-refractivity contribution is 0.381. The Labute approximate surface area is 105 Å². The van der Waals surface area contributed by atoms with Crippen LogP contribution in [0, 0.1) is 5.92 Å². The van der Waals surface area contributed by atoms with Crippen LogP contribution in [0.1, 0.15) is 18.6 Å². The van der Waals surface area contributed by atoms with Crippen molar-refractivity contribution in [1.29, 1.82) is 0 Å². The summed E-state index contributed by atoms with van der Waals surface area (Å²) in [4.78, 5) is 0. The van der Waals surface area contributed by atoms with E-state index in [1.54, 1.807) is 0 Å². The van der Waals surface area contributed by atoms with E-state index < -0.39 is 0 Å². The first kappa shape index (κ1) is 10.7. The monoisotopic (exact) mass is 248 g/mol. The summed E-state index contributed by atoms with van der Waals surface area (Å²) in [6.07, 6.45) is 3.47. The molecule has 1 aromatic heterocycles. The number of nitrogens with zero attached hydrogens (tertiary/aromatic N) is 1. The fourth-order valence-corrected chi connectivity index (χ4v) is 2.21. The quantitative estimate of drug-likeness (QED) is 0.904. The average Bonchev–Trinajstić information content (AvgIpc) is 3.03. The first-order valence-corrected chi connectivity index (χ1v) is 6.12. The van der Waals surface area contributed by atoms with E-state index in [9.17, 15) is 0 Å². The van der Waals surface area contributed by atoms with Crippen molar-refractivity contribution in [2.75, 3.05) is 5.73 Å². The van der Waals surface area contributed by atoms with Crippen LogP contribution in [-0.2, 0) is 6.42 Å². The summed E-state index contributed by atoms with van der Waals surface area (Å²) < 4.78 is 5.32. The summed E-state index contributed by atoms with van der Waals surface area (Å²) in [5, 5.41) is 4.56. The van der Waals surface area contributed by atoms with Crippen molar-refractivity contribution in [3.8, 4) is 11.1 Å². The van der Waals surface area contributed by atoms with Crippen LogP contribution in [0.4, 0.5) is 5.82 Å². The van der Waals surface area contributed by atoms with Gasteiger partial charge >= 0.3 is 0 Å². The number of hydrogen-bond donors (Lipinski definition) is 1. The Bertz CT molecular complexity index is 546. The molecule has 0 amide bonds. The lowest BCUT2D eigenvalue weighted by Gasteiger charge is -2.02. The van der Waals surface area contributed by atoms with Gasteiger partial charge in [-0.15, -0.1) is 0 Å². The summed E-state index contributed by atoms with van der Waals surface area (Å²) in [7, 11) is 0. The lowest BCUT2D eigenvalue weighted by atomic mass is 10.0. The summed E-state index contributed by atoms with van der Waals surface area (Å²) in [6.45, 7) is 0. The van der Waals surface area contributed by atoms with Crippen molar-refractivity contribution < 1.29 is 4.52 Å². The second-order valence-electron chi connectivity index (χ2n) is 4.52. The van der Waals surface area contributed by atoms with Gasteiger partial charge in [-0.1, -0.05) is 28.9 Å². The highest BCUT2D eigenvalue weighted by Crippen LogP contribution is 2.38. The predicted octanol–water partition coefficient (Wildman–Crippen LogP) is 3.53. The average molecular weight is 249 g/mol. The van der Waals surface area contributed by atoms with E-state index in [4.69, 9.17) is 21.9 Å². The standard InChI is InChI=1S/C13H13ClN2O/c14-10-3-1-2-9(7-10)12-11(6-8-4-5-8)17-16-13(12)15/h1-3,7-8H,4-6H2,(H2,15,16). The smallest absolute Gasteiger partial charge is 0.175 e. The van der Waals surface area contributed by atoms with Gasteiger partial charge in [0, 0.05) is 11.4 Å². The first-order chi connectivity index (χ1) is 8.24. The number of halogens is 1. The van der Waals surface area contributed by atoms with Gasteiger partial charge in [-0.25, -0.2) is 0 Å². The molecule has 0 radical (unpaired) electrons. The number of rotatable bonds is 3. The SMILES string of the molecule is Nc1noc(CC2CC2)c1-c1cccc(Cl)c1. The normalized spacial score (nSPS) is 15.1. The Morgan fingerprint density at radius 1 is 1.41 bits per heavy atom. The second-order valence-corrected chi connectivity index (χ2v) is 4.96. The molecule has 17 heavy (non-hydrogen) atoms. The molecule has 0 unspecified atom stereocenters. The van der Waals surface area contributed by atoms with Crippen LogP contribution in [0.15, 0.2) is 28.8 Å². The van der Waals surface area contributed by atoms with Gasteiger partial charge in [-0.2, -0.15) is 0 Å². The van der Waals surface area contributed by atoms with Crippen LogP contribution >= 0.6 is 11.6 Å². The maximum Gasteiger partial charge on any atom is 0.175 e. The van der Waals surface area contributed by atoms with E-state index in [1.165, 1.54) is 12.8 Å². The van der Waals surface area contributed by atoms with E-state index in [0.717, 1.165) is 29.2 Å². The van der Waals surface area contributed by atoms with Crippen LogP contribution < -0.4 is 5.73 Å². The molecule has 1 heterocycles. The highest BCUT2D eigenvalue weighted by Gasteiger charge is 2.26. The zero-order valence-corrected chi connectivity index (χ0v) is 10.1. The minimum Gasteiger partial charge on any atom is -0.380 e. The Hall–Kier alpha value is -1.48. The molecule has 1 saturated carbocycles. The predicted molar refractivity (Wildman–Crippen MR) is 67.8 cm³/mol. The van der Waals surface area contributed by atoms with E-state index >= 15 is 0 Å². The molecule has 1 aromatic carbocycles. The highest BCUT2D eigenvalue weighted by atomic mass is 35.5. The molecule has 3 rings (SSSR count). The van der Waals surface area contributed by atoms with Gasteiger partial charge in [0.1, 0.15) is 5.76 Å². The first-order valence-electron chi connectivity index (χ1n) is 5.74. The van der Waals surface area contributed by atoms with Gasteiger partial charge in [0.05, 0.1) is 5.56 Å². The van der Waals surface area contributed by atoms with Gasteiger partial charge in [0.2, 0.25) is 0 Å². The molecule has 88 valence electrons. The number of benzene rings is 1. The van der Waals surface area contributed by atoms with Crippen molar-refractivity contribution in [2.24, 2.45) is 5.92 Å². The van der Waals surface area contributed by atoms with Gasteiger partial charge in [-0.05, 0) is 36.5 Å². The van der Waals surface area contributed by atoms with Crippen molar-refractivity contribution in [3.63, 3.8) is 0 Å². The molecule has 1 aliphatic carbocycles. The summed E-state index contributed by atoms with van der Waals surface area (Å²) in [5.41, 5.74) is 7.75. The summed E-state index contributed by atoms with van der Waals surface area (Å²) in [6, 6.07) is 7.62. The molecule has 0 atom stereocenters. The minimum absolute atomic E-state index is 0.447. The van der Waals surface area contributed by atoms with Crippen molar-refractivity contribution in [2.45, 2.75) is 19.3 Å². The number of nitrogens with two attached hydrogens (primary N) is 1. The maximum atomic E-state index is 5.99. The van der Waals surface area contributed by atoms with Crippen molar-refractivity contribution in [3.05, 3.63) is 35.0 Å². The van der Waals surface area contributed by atoms with Gasteiger partial charge < -0.3 is 10.3 Å². The molecule has 0 bridgehead atoms. The zero-order chi connectivity index (χ0) is 11.8. The molecule has 0 spiro atoms. The Morgan fingerprint density at radius 3 is 2.94 bits per heavy atom. The van der Waals surface area contributed by atoms with Gasteiger partial charge in [0.25, 0.3) is 0 Å².